The minimum absolute atomic E-state index is 0.0979. The minimum atomic E-state index is -0.542. The molecule has 0 atom stereocenters. The number of halogens is 1. The summed E-state index contributed by atoms with van der Waals surface area (Å²) in [6, 6.07) is 1.47. The molecule has 1 amide bonds. The van der Waals surface area contributed by atoms with Crippen molar-refractivity contribution in [3.8, 4) is 0 Å². The molecule has 0 bridgehead atoms. The molecule has 0 spiro atoms. The number of aromatic nitrogens is 1. The predicted octanol–water partition coefficient (Wildman–Crippen LogP) is 3.30. The van der Waals surface area contributed by atoms with Crippen LogP contribution in [0.15, 0.2) is 12.3 Å². The van der Waals surface area contributed by atoms with E-state index in [9.17, 15) is 9.18 Å². The van der Waals surface area contributed by atoms with Crippen molar-refractivity contribution >= 4 is 11.7 Å². The van der Waals surface area contributed by atoms with Gasteiger partial charge >= 0.3 is 0 Å². The molecule has 21 heavy (non-hydrogen) atoms. The van der Waals surface area contributed by atoms with Gasteiger partial charge in [0, 0.05) is 25.8 Å². The van der Waals surface area contributed by atoms with Crippen molar-refractivity contribution in [2.24, 2.45) is 5.41 Å². The van der Waals surface area contributed by atoms with Crippen molar-refractivity contribution in [3.05, 3.63) is 23.6 Å². The quantitative estimate of drug-likeness (QED) is 0.926. The molecule has 1 aliphatic rings. The maximum Gasteiger partial charge on any atom is 0.257 e. The summed E-state index contributed by atoms with van der Waals surface area (Å²) < 4.78 is 14.4. The van der Waals surface area contributed by atoms with Crippen LogP contribution in [0.3, 0.4) is 0 Å². The van der Waals surface area contributed by atoms with Crippen LogP contribution in [-0.2, 0) is 0 Å². The van der Waals surface area contributed by atoms with Crippen LogP contribution in [0.25, 0.3) is 0 Å². The Balaban J connectivity index is 2.19. The van der Waals surface area contributed by atoms with E-state index in [1.165, 1.54) is 12.3 Å². The number of carbonyl (C=O) groups excluding carboxylic acids is 1. The summed E-state index contributed by atoms with van der Waals surface area (Å²) >= 11 is 0. The summed E-state index contributed by atoms with van der Waals surface area (Å²) in [4.78, 5) is 18.3. The van der Waals surface area contributed by atoms with Gasteiger partial charge in [-0.1, -0.05) is 20.8 Å². The van der Waals surface area contributed by atoms with Gasteiger partial charge in [0.05, 0.1) is 5.56 Å². The fraction of sp³-hybridized carbons (Fsp3) is 0.625. The summed E-state index contributed by atoms with van der Waals surface area (Å²) in [6.07, 6.45) is 4.42. The Morgan fingerprint density at radius 3 is 2.95 bits per heavy atom. The number of carbonyl (C=O) groups is 1. The molecule has 0 aliphatic carbocycles. The highest BCUT2D eigenvalue weighted by Crippen LogP contribution is 2.29. The van der Waals surface area contributed by atoms with E-state index in [0.717, 1.165) is 19.3 Å². The van der Waals surface area contributed by atoms with Crippen LogP contribution in [0.2, 0.25) is 0 Å². The lowest BCUT2D eigenvalue weighted by Crippen LogP contribution is -2.43. The van der Waals surface area contributed by atoms with Gasteiger partial charge in [-0.15, -0.1) is 0 Å². The molecule has 1 saturated heterocycles. The van der Waals surface area contributed by atoms with Crippen LogP contribution in [0.4, 0.5) is 10.2 Å². The van der Waals surface area contributed by atoms with Gasteiger partial charge in [0.25, 0.3) is 5.91 Å². The number of likely N-dealkylation sites (tertiary alicyclic amines) is 1. The molecule has 0 aromatic carbocycles. The van der Waals surface area contributed by atoms with Gasteiger partial charge in [0.1, 0.15) is 0 Å². The first kappa shape index (κ1) is 15.7. The van der Waals surface area contributed by atoms with Gasteiger partial charge < -0.3 is 10.2 Å². The van der Waals surface area contributed by atoms with Gasteiger partial charge in [-0.05, 0) is 30.7 Å². The van der Waals surface area contributed by atoms with Crippen LogP contribution < -0.4 is 5.32 Å². The molecule has 116 valence electrons. The second kappa shape index (κ2) is 6.41. The molecule has 2 rings (SSSR count). The smallest absolute Gasteiger partial charge is 0.257 e. The van der Waals surface area contributed by atoms with Crippen LogP contribution in [0.1, 0.15) is 50.4 Å². The number of amides is 1. The SMILES string of the molecule is CCCNc1nccc(C(=O)N2CCCC(C)(C)C2)c1F. The maximum atomic E-state index is 14.4. The van der Waals surface area contributed by atoms with Crippen molar-refractivity contribution in [1.29, 1.82) is 0 Å². The van der Waals surface area contributed by atoms with E-state index < -0.39 is 5.82 Å². The summed E-state index contributed by atoms with van der Waals surface area (Å²) in [5.74, 6) is -0.611. The fourth-order valence-corrected chi connectivity index (χ4v) is 2.74. The molecule has 1 aromatic rings. The topological polar surface area (TPSA) is 45.2 Å². The minimum Gasteiger partial charge on any atom is -0.368 e. The lowest BCUT2D eigenvalue weighted by Gasteiger charge is -2.38. The Morgan fingerprint density at radius 1 is 1.52 bits per heavy atom. The summed E-state index contributed by atoms with van der Waals surface area (Å²) in [6.45, 7) is 8.29. The average molecular weight is 293 g/mol. The van der Waals surface area contributed by atoms with Gasteiger partial charge in [-0.2, -0.15) is 0 Å². The summed E-state index contributed by atoms with van der Waals surface area (Å²) in [7, 11) is 0. The normalized spacial score (nSPS) is 17.6. The van der Waals surface area contributed by atoms with E-state index in [4.69, 9.17) is 0 Å². The number of hydrogen-bond acceptors (Lipinski definition) is 3. The third kappa shape index (κ3) is 3.71. The fourth-order valence-electron chi connectivity index (χ4n) is 2.74. The van der Waals surface area contributed by atoms with Crippen LogP contribution >= 0.6 is 0 Å². The van der Waals surface area contributed by atoms with Crippen LogP contribution in [0, 0.1) is 11.2 Å². The second-order valence-corrected chi connectivity index (χ2v) is 6.44. The Labute approximate surface area is 125 Å². The number of nitrogens with zero attached hydrogens (tertiary/aromatic N) is 2. The number of rotatable bonds is 4. The highest BCUT2D eigenvalue weighted by Gasteiger charge is 2.31. The molecule has 0 radical (unpaired) electrons. The molecule has 4 nitrogen and oxygen atoms in total. The largest absolute Gasteiger partial charge is 0.368 e. The molecule has 0 saturated carbocycles. The van der Waals surface area contributed by atoms with E-state index in [0.29, 0.717) is 19.6 Å². The van der Waals surface area contributed by atoms with Crippen molar-refractivity contribution in [2.75, 3.05) is 25.0 Å². The zero-order chi connectivity index (χ0) is 15.5. The van der Waals surface area contributed by atoms with Crippen molar-refractivity contribution in [2.45, 2.75) is 40.0 Å². The number of anilines is 1. The number of hydrogen-bond donors (Lipinski definition) is 1. The number of nitrogens with one attached hydrogen (secondary N) is 1. The van der Waals surface area contributed by atoms with E-state index in [2.05, 4.69) is 24.1 Å². The molecule has 0 unspecified atom stereocenters. The third-order valence-electron chi connectivity index (χ3n) is 3.85. The van der Waals surface area contributed by atoms with Gasteiger partial charge in [-0.25, -0.2) is 9.37 Å². The number of pyridine rings is 1. The van der Waals surface area contributed by atoms with E-state index in [1.807, 2.05) is 6.92 Å². The van der Waals surface area contributed by atoms with Crippen LogP contribution in [0.5, 0.6) is 0 Å². The van der Waals surface area contributed by atoms with Gasteiger partial charge in [0.15, 0.2) is 11.6 Å². The standard InChI is InChI=1S/C16H24FN3O/c1-4-8-18-14-13(17)12(6-9-19-14)15(21)20-10-5-7-16(2,3)11-20/h6,9H,4-5,7-8,10-11H2,1-3H3,(H,18,19). The van der Waals surface area contributed by atoms with Crippen molar-refractivity contribution < 1.29 is 9.18 Å². The first-order valence-corrected chi connectivity index (χ1v) is 7.62. The molecule has 1 aliphatic heterocycles. The van der Waals surface area contributed by atoms with E-state index in [1.54, 1.807) is 4.90 Å². The zero-order valence-electron chi connectivity index (χ0n) is 13.1. The summed E-state index contributed by atoms with van der Waals surface area (Å²) in [5, 5.41) is 2.92. The maximum absolute atomic E-state index is 14.4. The molecular formula is C16H24FN3O. The Morgan fingerprint density at radius 2 is 2.29 bits per heavy atom. The lowest BCUT2D eigenvalue weighted by molar-refractivity contribution is 0.0579. The third-order valence-corrected chi connectivity index (χ3v) is 3.85. The monoisotopic (exact) mass is 293 g/mol. The average Bonchev–Trinajstić information content (AvgIpc) is 2.44. The number of piperidine rings is 1. The predicted molar refractivity (Wildman–Crippen MR) is 81.9 cm³/mol. The molecule has 1 N–H and O–H groups in total. The van der Waals surface area contributed by atoms with Gasteiger partial charge in [-0.3, -0.25) is 4.79 Å². The highest BCUT2D eigenvalue weighted by molar-refractivity contribution is 5.95. The second-order valence-electron chi connectivity index (χ2n) is 6.44. The molecule has 5 heteroatoms. The Hall–Kier alpha value is -1.65. The van der Waals surface area contributed by atoms with E-state index >= 15 is 0 Å². The van der Waals surface area contributed by atoms with Crippen LogP contribution in [-0.4, -0.2) is 35.4 Å². The zero-order valence-corrected chi connectivity index (χ0v) is 13.1. The summed E-state index contributed by atoms with van der Waals surface area (Å²) in [5.41, 5.74) is 0.210. The van der Waals surface area contributed by atoms with Crippen molar-refractivity contribution in [1.82, 2.24) is 9.88 Å². The Kier molecular flexibility index (Phi) is 4.80. The molecule has 1 fully saturated rings. The Bertz CT molecular complexity index is 516. The molecule has 2 heterocycles. The highest BCUT2D eigenvalue weighted by atomic mass is 19.1. The molecular weight excluding hydrogens is 269 g/mol. The van der Waals surface area contributed by atoms with Crippen molar-refractivity contribution in [3.63, 3.8) is 0 Å². The lowest BCUT2D eigenvalue weighted by atomic mass is 9.84. The first-order valence-electron chi connectivity index (χ1n) is 7.62. The molecule has 1 aromatic heterocycles. The van der Waals surface area contributed by atoms with E-state index in [-0.39, 0.29) is 22.7 Å². The first-order chi connectivity index (χ1) is 9.94. The van der Waals surface area contributed by atoms with Gasteiger partial charge in [0.2, 0.25) is 0 Å².